The molecule has 1 aromatic rings. The van der Waals surface area contributed by atoms with Gasteiger partial charge in [-0.2, -0.15) is 13.2 Å². The molecule has 1 aromatic carbocycles. The molecule has 2 N–H and O–H groups in total. The number of rotatable bonds is 5. The van der Waals surface area contributed by atoms with Crippen molar-refractivity contribution in [3.05, 3.63) is 35.4 Å². The highest BCUT2D eigenvalue weighted by Crippen LogP contribution is 2.29. The van der Waals surface area contributed by atoms with E-state index >= 15 is 0 Å². The number of alkyl halides is 3. The molecule has 0 radical (unpaired) electrons. The minimum absolute atomic E-state index is 0.107. The van der Waals surface area contributed by atoms with Crippen LogP contribution in [-0.2, 0) is 22.7 Å². The average Bonchev–Trinajstić information content (AvgIpc) is 2.28. The number of halogens is 3. The molecular formula is C12H16F3NOS. The van der Waals surface area contributed by atoms with E-state index in [-0.39, 0.29) is 11.0 Å². The van der Waals surface area contributed by atoms with Crippen molar-refractivity contribution in [2.45, 2.75) is 30.5 Å². The third-order valence-electron chi connectivity index (χ3n) is 2.59. The first-order valence-electron chi connectivity index (χ1n) is 5.58. The molecular weight excluding hydrogens is 263 g/mol. The van der Waals surface area contributed by atoms with Crippen LogP contribution < -0.4 is 5.73 Å². The molecule has 0 heterocycles. The molecule has 102 valence electrons. The maximum Gasteiger partial charge on any atom is 0.416 e. The molecule has 0 bridgehead atoms. The third-order valence-corrected chi connectivity index (χ3v) is 4.34. The van der Waals surface area contributed by atoms with E-state index in [9.17, 15) is 17.4 Å². The largest absolute Gasteiger partial charge is 0.416 e. The van der Waals surface area contributed by atoms with Gasteiger partial charge in [0.1, 0.15) is 0 Å². The number of hydrogen-bond acceptors (Lipinski definition) is 2. The van der Waals surface area contributed by atoms with Gasteiger partial charge in [-0.25, -0.2) is 0 Å². The highest BCUT2D eigenvalue weighted by Gasteiger charge is 2.30. The standard InChI is InChI=1S/C12H16F3NOS/c1-9(5-6-16)18(17)8-10-3-2-4-11(7-10)12(13,14)15/h2-4,7,9H,5-6,8,16H2,1H3. The van der Waals surface area contributed by atoms with Gasteiger partial charge in [-0.3, -0.25) is 4.21 Å². The Morgan fingerprint density at radius 1 is 1.39 bits per heavy atom. The van der Waals surface area contributed by atoms with Gasteiger partial charge in [-0.05, 0) is 24.6 Å². The molecule has 0 saturated heterocycles. The summed E-state index contributed by atoms with van der Waals surface area (Å²) in [6.07, 6.45) is -3.76. The zero-order valence-electron chi connectivity index (χ0n) is 10.0. The number of nitrogens with two attached hydrogens (primary N) is 1. The quantitative estimate of drug-likeness (QED) is 0.900. The van der Waals surface area contributed by atoms with Crippen LogP contribution in [0.3, 0.4) is 0 Å². The molecule has 18 heavy (non-hydrogen) atoms. The Morgan fingerprint density at radius 3 is 2.61 bits per heavy atom. The second kappa shape index (κ2) is 6.33. The van der Waals surface area contributed by atoms with E-state index in [1.165, 1.54) is 6.07 Å². The molecule has 0 amide bonds. The van der Waals surface area contributed by atoms with Crippen molar-refractivity contribution in [2.75, 3.05) is 6.54 Å². The number of hydrogen-bond donors (Lipinski definition) is 1. The van der Waals surface area contributed by atoms with Crippen LogP contribution in [0, 0.1) is 0 Å². The Balaban J connectivity index is 2.77. The smallest absolute Gasteiger partial charge is 0.330 e. The fourth-order valence-corrected chi connectivity index (χ4v) is 2.70. The predicted molar refractivity (Wildman–Crippen MR) is 66.4 cm³/mol. The molecule has 0 saturated carbocycles. The first kappa shape index (κ1) is 15.2. The lowest BCUT2D eigenvalue weighted by Gasteiger charge is -2.12. The fourth-order valence-electron chi connectivity index (χ4n) is 1.51. The van der Waals surface area contributed by atoms with Crippen LogP contribution in [0.15, 0.2) is 24.3 Å². The van der Waals surface area contributed by atoms with Crippen LogP contribution in [0.1, 0.15) is 24.5 Å². The van der Waals surface area contributed by atoms with E-state index in [4.69, 9.17) is 5.73 Å². The van der Waals surface area contributed by atoms with Gasteiger partial charge in [0.2, 0.25) is 0 Å². The van der Waals surface area contributed by atoms with Crippen LogP contribution in [0.25, 0.3) is 0 Å². The monoisotopic (exact) mass is 279 g/mol. The second-order valence-corrected chi connectivity index (χ2v) is 5.97. The highest BCUT2D eigenvalue weighted by molar-refractivity contribution is 7.84. The van der Waals surface area contributed by atoms with E-state index in [0.29, 0.717) is 18.5 Å². The molecule has 0 aliphatic rings. The summed E-state index contributed by atoms with van der Waals surface area (Å²) < 4.78 is 49.3. The summed E-state index contributed by atoms with van der Waals surface area (Å²) in [6.45, 7) is 2.21. The molecule has 0 aliphatic heterocycles. The van der Waals surface area contributed by atoms with E-state index < -0.39 is 22.5 Å². The van der Waals surface area contributed by atoms with Gasteiger partial charge >= 0.3 is 6.18 Å². The molecule has 2 unspecified atom stereocenters. The summed E-state index contributed by atoms with van der Waals surface area (Å²) in [4.78, 5) is 0. The van der Waals surface area contributed by atoms with Crippen molar-refractivity contribution in [1.29, 1.82) is 0 Å². The first-order valence-corrected chi connectivity index (χ1v) is 6.96. The minimum atomic E-state index is -4.36. The number of benzene rings is 1. The molecule has 6 heteroatoms. The van der Waals surface area contributed by atoms with Crippen molar-refractivity contribution < 1.29 is 17.4 Å². The summed E-state index contributed by atoms with van der Waals surface area (Å²) in [6, 6.07) is 4.95. The summed E-state index contributed by atoms with van der Waals surface area (Å²) in [5.41, 5.74) is 5.09. The fraction of sp³-hybridized carbons (Fsp3) is 0.500. The zero-order valence-corrected chi connectivity index (χ0v) is 10.9. The molecule has 0 spiro atoms. The lowest BCUT2D eigenvalue weighted by molar-refractivity contribution is -0.137. The highest BCUT2D eigenvalue weighted by atomic mass is 32.2. The van der Waals surface area contributed by atoms with Crippen LogP contribution in [0.2, 0.25) is 0 Å². The maximum atomic E-state index is 12.5. The lowest BCUT2D eigenvalue weighted by Crippen LogP contribution is -2.17. The van der Waals surface area contributed by atoms with Crippen LogP contribution in [0.5, 0.6) is 0 Å². The van der Waals surface area contributed by atoms with Gasteiger partial charge in [0.05, 0.1) is 5.56 Å². The van der Waals surface area contributed by atoms with E-state index in [1.54, 1.807) is 13.0 Å². The van der Waals surface area contributed by atoms with Gasteiger partial charge < -0.3 is 5.73 Å². The summed E-state index contributed by atoms with van der Waals surface area (Å²) in [5, 5.41) is -0.107. The lowest BCUT2D eigenvalue weighted by atomic mass is 10.1. The first-order chi connectivity index (χ1) is 8.34. The van der Waals surface area contributed by atoms with Crippen molar-refractivity contribution in [3.63, 3.8) is 0 Å². The zero-order chi connectivity index (χ0) is 13.8. The third kappa shape index (κ3) is 4.42. The molecule has 0 fully saturated rings. The van der Waals surface area contributed by atoms with Gasteiger partial charge in [0.15, 0.2) is 0 Å². The Bertz CT molecular complexity index is 420. The van der Waals surface area contributed by atoms with Gasteiger partial charge in [0.25, 0.3) is 0 Å². The molecule has 2 nitrogen and oxygen atoms in total. The summed E-state index contributed by atoms with van der Waals surface area (Å²) in [7, 11) is -1.20. The second-order valence-electron chi connectivity index (χ2n) is 4.11. The molecule has 0 aliphatic carbocycles. The van der Waals surface area contributed by atoms with Crippen molar-refractivity contribution in [2.24, 2.45) is 5.73 Å². The molecule has 2 atom stereocenters. The topological polar surface area (TPSA) is 43.1 Å². The van der Waals surface area contributed by atoms with Gasteiger partial charge in [-0.15, -0.1) is 0 Å². The Labute approximate surface area is 107 Å². The maximum absolute atomic E-state index is 12.5. The van der Waals surface area contributed by atoms with Crippen molar-refractivity contribution in [1.82, 2.24) is 0 Å². The van der Waals surface area contributed by atoms with Crippen LogP contribution in [0.4, 0.5) is 13.2 Å². The van der Waals surface area contributed by atoms with Crippen LogP contribution >= 0.6 is 0 Å². The van der Waals surface area contributed by atoms with E-state index in [1.807, 2.05) is 0 Å². The molecule has 0 aromatic heterocycles. The Kier molecular flexibility index (Phi) is 5.34. The van der Waals surface area contributed by atoms with Gasteiger partial charge in [0, 0.05) is 21.8 Å². The van der Waals surface area contributed by atoms with E-state index in [2.05, 4.69) is 0 Å². The van der Waals surface area contributed by atoms with E-state index in [0.717, 1.165) is 12.1 Å². The van der Waals surface area contributed by atoms with Gasteiger partial charge in [-0.1, -0.05) is 25.1 Å². The van der Waals surface area contributed by atoms with Crippen molar-refractivity contribution >= 4 is 10.8 Å². The summed E-state index contributed by atoms with van der Waals surface area (Å²) in [5.74, 6) is 0.130. The Morgan fingerprint density at radius 2 is 2.06 bits per heavy atom. The minimum Gasteiger partial charge on any atom is -0.330 e. The summed E-state index contributed by atoms with van der Waals surface area (Å²) >= 11 is 0. The average molecular weight is 279 g/mol. The predicted octanol–water partition coefficient (Wildman–Crippen LogP) is 2.69. The molecule has 1 rings (SSSR count). The normalized spacial score (nSPS) is 15.4. The SMILES string of the molecule is CC(CCN)S(=O)Cc1cccc(C(F)(F)F)c1. The van der Waals surface area contributed by atoms with Crippen LogP contribution in [-0.4, -0.2) is 16.0 Å². The Hall–Kier alpha value is -0.880. The van der Waals surface area contributed by atoms with Crippen molar-refractivity contribution in [3.8, 4) is 0 Å².